The summed E-state index contributed by atoms with van der Waals surface area (Å²) in [6.45, 7) is 2.90. The number of benzene rings is 2. The molecular formula is C20H21N3OS. The van der Waals surface area contributed by atoms with Crippen LogP contribution in [0.2, 0.25) is 0 Å². The van der Waals surface area contributed by atoms with Gasteiger partial charge in [0.15, 0.2) is 0 Å². The van der Waals surface area contributed by atoms with E-state index >= 15 is 0 Å². The number of fused-ring (bicyclic) bond motifs is 1. The van der Waals surface area contributed by atoms with Crippen molar-refractivity contribution in [2.75, 3.05) is 11.9 Å². The van der Waals surface area contributed by atoms with Crippen LogP contribution in [0.15, 0.2) is 48.5 Å². The number of rotatable bonds is 3. The molecule has 1 saturated heterocycles. The minimum Gasteiger partial charge on any atom is -0.315 e. The second kappa shape index (κ2) is 6.84. The van der Waals surface area contributed by atoms with E-state index < -0.39 is 0 Å². The van der Waals surface area contributed by atoms with Gasteiger partial charge >= 0.3 is 6.03 Å². The summed E-state index contributed by atoms with van der Waals surface area (Å²) in [5.41, 5.74) is 3.13. The Labute approximate surface area is 151 Å². The SMILES string of the molecule is CCc1ccc(NC(=O)N2CCCC2c2nc3ccccc3s2)cc1. The molecule has 1 fully saturated rings. The summed E-state index contributed by atoms with van der Waals surface area (Å²) >= 11 is 1.69. The Hall–Kier alpha value is -2.40. The highest BCUT2D eigenvalue weighted by molar-refractivity contribution is 7.18. The Bertz CT molecular complexity index is 854. The van der Waals surface area contributed by atoms with Crippen LogP contribution in [0.25, 0.3) is 10.2 Å². The van der Waals surface area contributed by atoms with E-state index in [1.165, 1.54) is 10.3 Å². The number of hydrogen-bond acceptors (Lipinski definition) is 3. The molecule has 5 heteroatoms. The van der Waals surface area contributed by atoms with E-state index in [0.717, 1.165) is 42.0 Å². The van der Waals surface area contributed by atoms with E-state index in [1.807, 2.05) is 35.2 Å². The molecule has 1 atom stereocenters. The van der Waals surface area contributed by atoms with Gasteiger partial charge in [0.2, 0.25) is 0 Å². The second-order valence-electron chi connectivity index (χ2n) is 6.35. The van der Waals surface area contributed by atoms with Gasteiger partial charge in [0.1, 0.15) is 5.01 Å². The molecule has 1 N–H and O–H groups in total. The average Bonchev–Trinajstić information content (AvgIpc) is 3.28. The van der Waals surface area contributed by atoms with Crippen LogP contribution in [0.3, 0.4) is 0 Å². The fourth-order valence-electron chi connectivity index (χ4n) is 3.32. The summed E-state index contributed by atoms with van der Waals surface area (Å²) < 4.78 is 1.18. The quantitative estimate of drug-likeness (QED) is 0.702. The number of likely N-dealkylation sites (tertiary alicyclic amines) is 1. The van der Waals surface area contributed by atoms with Gasteiger partial charge in [-0.3, -0.25) is 0 Å². The van der Waals surface area contributed by atoms with Crippen molar-refractivity contribution >= 4 is 33.3 Å². The number of nitrogens with zero attached hydrogens (tertiary/aromatic N) is 2. The van der Waals surface area contributed by atoms with E-state index in [4.69, 9.17) is 4.98 Å². The van der Waals surface area contributed by atoms with Crippen LogP contribution in [0, 0.1) is 0 Å². The van der Waals surface area contributed by atoms with Crippen molar-refractivity contribution in [3.63, 3.8) is 0 Å². The predicted octanol–water partition coefficient (Wildman–Crippen LogP) is 5.23. The van der Waals surface area contributed by atoms with E-state index in [1.54, 1.807) is 11.3 Å². The number of aromatic nitrogens is 1. The molecule has 1 aliphatic rings. The Kier molecular flexibility index (Phi) is 4.40. The normalized spacial score (nSPS) is 17.2. The number of anilines is 1. The zero-order valence-corrected chi connectivity index (χ0v) is 15.1. The first-order chi connectivity index (χ1) is 12.2. The Balaban J connectivity index is 1.52. The molecule has 2 heterocycles. The molecule has 1 unspecified atom stereocenters. The van der Waals surface area contributed by atoms with Crippen molar-refractivity contribution in [1.29, 1.82) is 0 Å². The van der Waals surface area contributed by atoms with Gasteiger partial charge in [-0.15, -0.1) is 11.3 Å². The molecule has 1 aliphatic heterocycles. The van der Waals surface area contributed by atoms with Crippen molar-refractivity contribution in [2.24, 2.45) is 0 Å². The Morgan fingerprint density at radius 1 is 1.24 bits per heavy atom. The van der Waals surface area contributed by atoms with Crippen molar-refractivity contribution in [2.45, 2.75) is 32.2 Å². The number of nitrogens with one attached hydrogen (secondary N) is 1. The standard InChI is InChI=1S/C20H21N3OS/c1-2-14-9-11-15(12-10-14)21-20(24)23-13-5-7-17(23)19-22-16-6-3-4-8-18(16)25-19/h3-4,6,8-12,17H,2,5,7,13H2,1H3,(H,21,24). The predicted molar refractivity (Wildman–Crippen MR) is 103 cm³/mol. The number of thiazole rings is 1. The maximum absolute atomic E-state index is 12.8. The highest BCUT2D eigenvalue weighted by atomic mass is 32.1. The fraction of sp³-hybridized carbons (Fsp3) is 0.300. The summed E-state index contributed by atoms with van der Waals surface area (Å²) in [6.07, 6.45) is 2.99. The molecule has 128 valence electrons. The zero-order chi connectivity index (χ0) is 17.2. The zero-order valence-electron chi connectivity index (χ0n) is 14.2. The monoisotopic (exact) mass is 351 g/mol. The number of hydrogen-bond donors (Lipinski definition) is 1. The number of para-hydroxylation sites is 1. The van der Waals surface area contributed by atoms with Crippen LogP contribution in [0.1, 0.15) is 36.4 Å². The van der Waals surface area contributed by atoms with E-state index in [-0.39, 0.29) is 12.1 Å². The molecule has 3 aromatic rings. The first-order valence-electron chi connectivity index (χ1n) is 8.76. The van der Waals surface area contributed by atoms with Gasteiger partial charge in [-0.1, -0.05) is 31.2 Å². The van der Waals surface area contributed by atoms with E-state index in [0.29, 0.717) is 0 Å². The number of aryl methyl sites for hydroxylation is 1. The molecule has 0 aliphatic carbocycles. The summed E-state index contributed by atoms with van der Waals surface area (Å²) in [4.78, 5) is 19.4. The van der Waals surface area contributed by atoms with E-state index in [2.05, 4.69) is 30.4 Å². The third-order valence-corrected chi connectivity index (χ3v) is 5.86. The Morgan fingerprint density at radius 3 is 2.80 bits per heavy atom. The van der Waals surface area contributed by atoms with Crippen LogP contribution in [0.4, 0.5) is 10.5 Å². The molecule has 2 aromatic carbocycles. The van der Waals surface area contributed by atoms with Gasteiger partial charge in [-0.25, -0.2) is 9.78 Å². The highest BCUT2D eigenvalue weighted by Gasteiger charge is 2.32. The third-order valence-electron chi connectivity index (χ3n) is 4.72. The van der Waals surface area contributed by atoms with Gasteiger partial charge < -0.3 is 10.2 Å². The van der Waals surface area contributed by atoms with Crippen LogP contribution >= 0.6 is 11.3 Å². The molecule has 0 saturated carbocycles. The van der Waals surface area contributed by atoms with Crippen molar-refractivity contribution in [3.05, 3.63) is 59.1 Å². The molecule has 0 bridgehead atoms. The van der Waals surface area contributed by atoms with Crippen molar-refractivity contribution in [3.8, 4) is 0 Å². The molecule has 1 aromatic heterocycles. The summed E-state index contributed by atoms with van der Waals surface area (Å²) in [5.74, 6) is 0. The number of amides is 2. The molecule has 2 amide bonds. The molecule has 0 radical (unpaired) electrons. The fourth-order valence-corrected chi connectivity index (χ4v) is 4.43. The lowest BCUT2D eigenvalue weighted by molar-refractivity contribution is 0.207. The maximum atomic E-state index is 12.8. The van der Waals surface area contributed by atoms with Gasteiger partial charge in [-0.2, -0.15) is 0 Å². The number of urea groups is 1. The lowest BCUT2D eigenvalue weighted by atomic mass is 10.1. The smallest absolute Gasteiger partial charge is 0.315 e. The molecular weight excluding hydrogens is 330 g/mol. The number of carbonyl (C=O) groups excluding carboxylic acids is 1. The van der Waals surface area contributed by atoms with Crippen molar-refractivity contribution < 1.29 is 4.79 Å². The maximum Gasteiger partial charge on any atom is 0.322 e. The first-order valence-corrected chi connectivity index (χ1v) is 9.58. The summed E-state index contributed by atoms with van der Waals surface area (Å²) in [7, 11) is 0. The summed E-state index contributed by atoms with van der Waals surface area (Å²) in [6, 6.07) is 16.3. The van der Waals surface area contributed by atoms with Crippen molar-refractivity contribution in [1.82, 2.24) is 9.88 Å². The molecule has 4 rings (SSSR count). The minimum absolute atomic E-state index is 0.0361. The summed E-state index contributed by atoms with van der Waals surface area (Å²) in [5, 5.41) is 4.07. The topological polar surface area (TPSA) is 45.2 Å². The lowest BCUT2D eigenvalue weighted by Gasteiger charge is -2.23. The largest absolute Gasteiger partial charge is 0.322 e. The lowest BCUT2D eigenvalue weighted by Crippen LogP contribution is -2.34. The number of carbonyl (C=O) groups is 1. The molecule has 4 nitrogen and oxygen atoms in total. The van der Waals surface area contributed by atoms with Crippen LogP contribution in [-0.2, 0) is 6.42 Å². The van der Waals surface area contributed by atoms with Crippen LogP contribution in [-0.4, -0.2) is 22.5 Å². The minimum atomic E-state index is -0.0361. The Morgan fingerprint density at radius 2 is 2.04 bits per heavy atom. The van der Waals surface area contributed by atoms with Crippen LogP contribution < -0.4 is 5.32 Å². The highest BCUT2D eigenvalue weighted by Crippen LogP contribution is 2.36. The third kappa shape index (κ3) is 3.24. The molecule has 0 spiro atoms. The molecule has 25 heavy (non-hydrogen) atoms. The van der Waals surface area contributed by atoms with Gasteiger partial charge in [0, 0.05) is 12.2 Å². The van der Waals surface area contributed by atoms with Crippen LogP contribution in [0.5, 0.6) is 0 Å². The van der Waals surface area contributed by atoms with Gasteiger partial charge in [-0.05, 0) is 49.1 Å². The van der Waals surface area contributed by atoms with Gasteiger partial charge in [0.25, 0.3) is 0 Å². The first kappa shape index (κ1) is 16.1. The second-order valence-corrected chi connectivity index (χ2v) is 7.41. The van der Waals surface area contributed by atoms with Gasteiger partial charge in [0.05, 0.1) is 16.3 Å². The average molecular weight is 351 g/mol. The van der Waals surface area contributed by atoms with E-state index in [9.17, 15) is 4.79 Å².